The third kappa shape index (κ3) is 2.65. The van der Waals surface area contributed by atoms with Crippen LogP contribution in [0.1, 0.15) is 41.6 Å². The first-order valence-corrected chi connectivity index (χ1v) is 8.35. The molecule has 2 saturated carbocycles. The summed E-state index contributed by atoms with van der Waals surface area (Å²) in [6.07, 6.45) is 5.53. The number of aryl methyl sites for hydroxylation is 1. The molecule has 3 rings (SSSR count). The van der Waals surface area contributed by atoms with E-state index in [2.05, 4.69) is 15.9 Å². The number of carbonyl (C=O) groups excluding carboxylic acids is 1. The van der Waals surface area contributed by atoms with E-state index in [9.17, 15) is 4.79 Å². The van der Waals surface area contributed by atoms with Crippen LogP contribution in [0.25, 0.3) is 0 Å². The van der Waals surface area contributed by atoms with Crippen molar-refractivity contribution in [2.75, 3.05) is 13.6 Å². The van der Waals surface area contributed by atoms with Crippen molar-refractivity contribution in [2.24, 2.45) is 17.8 Å². The second kappa shape index (κ2) is 5.51. The summed E-state index contributed by atoms with van der Waals surface area (Å²) in [5.41, 5.74) is 1.92. The van der Waals surface area contributed by atoms with E-state index in [0.29, 0.717) is 0 Å². The molecule has 0 heterocycles. The maximum atomic E-state index is 12.6. The van der Waals surface area contributed by atoms with Gasteiger partial charge in [-0.1, -0.05) is 18.1 Å². The van der Waals surface area contributed by atoms with Gasteiger partial charge in [0.1, 0.15) is 0 Å². The van der Waals surface area contributed by atoms with Gasteiger partial charge in [-0.2, -0.15) is 0 Å². The lowest BCUT2D eigenvalue weighted by Gasteiger charge is -2.27. The maximum Gasteiger partial charge on any atom is 0.254 e. The molecule has 0 saturated heterocycles. The predicted molar refractivity (Wildman–Crippen MR) is 84.8 cm³/mol. The van der Waals surface area contributed by atoms with Gasteiger partial charge in [-0.3, -0.25) is 4.79 Å². The third-order valence-electron chi connectivity index (χ3n) is 5.09. The van der Waals surface area contributed by atoms with E-state index in [1.54, 1.807) is 0 Å². The first-order chi connectivity index (χ1) is 9.54. The average molecular weight is 336 g/mol. The minimum absolute atomic E-state index is 0.142. The lowest BCUT2D eigenvalue weighted by atomic mass is 9.88. The number of halogens is 1. The highest BCUT2D eigenvalue weighted by Crippen LogP contribution is 2.48. The number of fused-ring (bicyclic) bond motifs is 2. The van der Waals surface area contributed by atoms with Gasteiger partial charge in [-0.05, 0) is 72.0 Å². The van der Waals surface area contributed by atoms with Crippen LogP contribution in [0.15, 0.2) is 22.7 Å². The molecule has 2 nitrogen and oxygen atoms in total. The summed E-state index contributed by atoms with van der Waals surface area (Å²) in [6, 6.07) is 5.97. The fourth-order valence-electron chi connectivity index (χ4n) is 4.04. The molecule has 0 aromatic heterocycles. The molecule has 1 amide bonds. The van der Waals surface area contributed by atoms with Crippen LogP contribution in [-0.4, -0.2) is 24.4 Å². The third-order valence-corrected chi connectivity index (χ3v) is 5.78. The SMILES string of the molecule is Cc1ccc(Br)c(C(=O)N(C)CC2CC3CCC2C3)c1. The largest absolute Gasteiger partial charge is 0.341 e. The smallest absolute Gasteiger partial charge is 0.254 e. The van der Waals surface area contributed by atoms with Crippen LogP contribution < -0.4 is 0 Å². The standard InChI is InChI=1S/C17H22BrNO/c1-11-3-6-16(18)15(7-11)17(20)19(2)10-14-9-12-4-5-13(14)8-12/h3,6-7,12-14H,4-5,8-10H2,1-2H3. The predicted octanol–water partition coefficient (Wildman–Crippen LogP) is 4.27. The topological polar surface area (TPSA) is 20.3 Å². The summed E-state index contributed by atoms with van der Waals surface area (Å²) >= 11 is 3.50. The normalized spacial score (nSPS) is 27.9. The van der Waals surface area contributed by atoms with Gasteiger partial charge in [-0.25, -0.2) is 0 Å². The van der Waals surface area contributed by atoms with Crippen LogP contribution >= 0.6 is 15.9 Å². The monoisotopic (exact) mass is 335 g/mol. The summed E-state index contributed by atoms with van der Waals surface area (Å²) in [6.45, 7) is 2.94. The molecular formula is C17H22BrNO. The Hall–Kier alpha value is -0.830. The molecule has 0 aliphatic heterocycles. The van der Waals surface area contributed by atoms with Crippen molar-refractivity contribution in [3.8, 4) is 0 Å². The van der Waals surface area contributed by atoms with Crippen LogP contribution in [0.5, 0.6) is 0 Å². The molecule has 3 heteroatoms. The lowest BCUT2D eigenvalue weighted by molar-refractivity contribution is 0.0753. The van der Waals surface area contributed by atoms with Crippen molar-refractivity contribution >= 4 is 21.8 Å². The van der Waals surface area contributed by atoms with Gasteiger partial charge in [-0.15, -0.1) is 0 Å². The Labute approximate surface area is 129 Å². The highest BCUT2D eigenvalue weighted by atomic mass is 79.9. The van der Waals surface area contributed by atoms with Crippen LogP contribution in [0.3, 0.4) is 0 Å². The molecule has 2 fully saturated rings. The summed E-state index contributed by atoms with van der Waals surface area (Å²) < 4.78 is 0.896. The van der Waals surface area contributed by atoms with E-state index in [-0.39, 0.29) is 5.91 Å². The molecule has 0 radical (unpaired) electrons. The van der Waals surface area contributed by atoms with Gasteiger partial charge >= 0.3 is 0 Å². The minimum Gasteiger partial charge on any atom is -0.341 e. The summed E-state index contributed by atoms with van der Waals surface area (Å²) in [5.74, 6) is 2.69. The fourth-order valence-corrected chi connectivity index (χ4v) is 4.46. The second-order valence-corrected chi connectivity index (χ2v) is 7.46. The van der Waals surface area contributed by atoms with Crippen molar-refractivity contribution in [2.45, 2.75) is 32.6 Å². The number of hydrogen-bond donors (Lipinski definition) is 0. The number of nitrogens with zero attached hydrogens (tertiary/aromatic N) is 1. The molecule has 1 aromatic rings. The van der Waals surface area contributed by atoms with E-state index >= 15 is 0 Å². The molecule has 1 aromatic carbocycles. The number of carbonyl (C=O) groups is 1. The lowest BCUT2D eigenvalue weighted by Crippen LogP contribution is -2.34. The Morgan fingerprint density at radius 1 is 1.35 bits per heavy atom. The first kappa shape index (κ1) is 14.1. The van der Waals surface area contributed by atoms with Gasteiger partial charge in [0.2, 0.25) is 0 Å². The summed E-state index contributed by atoms with van der Waals surface area (Å²) in [7, 11) is 1.95. The summed E-state index contributed by atoms with van der Waals surface area (Å²) in [5, 5.41) is 0. The highest BCUT2D eigenvalue weighted by molar-refractivity contribution is 9.10. The van der Waals surface area contributed by atoms with Crippen molar-refractivity contribution < 1.29 is 4.79 Å². The van der Waals surface area contributed by atoms with Gasteiger partial charge in [0.15, 0.2) is 0 Å². The molecular weight excluding hydrogens is 314 g/mol. The first-order valence-electron chi connectivity index (χ1n) is 7.56. The van der Waals surface area contributed by atoms with E-state index in [0.717, 1.165) is 39.9 Å². The molecule has 20 heavy (non-hydrogen) atoms. The number of hydrogen-bond acceptors (Lipinski definition) is 1. The fraction of sp³-hybridized carbons (Fsp3) is 0.588. The highest BCUT2D eigenvalue weighted by Gasteiger charge is 2.40. The van der Waals surface area contributed by atoms with E-state index < -0.39 is 0 Å². The van der Waals surface area contributed by atoms with Crippen LogP contribution in [0.2, 0.25) is 0 Å². The van der Waals surface area contributed by atoms with Gasteiger partial charge in [0, 0.05) is 18.1 Å². The molecule has 3 atom stereocenters. The maximum absolute atomic E-state index is 12.6. The zero-order chi connectivity index (χ0) is 14.3. The molecule has 2 bridgehead atoms. The average Bonchev–Trinajstić information content (AvgIpc) is 3.03. The quantitative estimate of drug-likeness (QED) is 0.807. The Bertz CT molecular complexity index is 528. The van der Waals surface area contributed by atoms with Gasteiger partial charge < -0.3 is 4.90 Å². The van der Waals surface area contributed by atoms with E-state index in [1.807, 2.05) is 37.1 Å². The van der Waals surface area contributed by atoms with Gasteiger partial charge in [0.25, 0.3) is 5.91 Å². The number of amides is 1. The van der Waals surface area contributed by atoms with Crippen LogP contribution in [-0.2, 0) is 0 Å². The summed E-state index contributed by atoms with van der Waals surface area (Å²) in [4.78, 5) is 14.5. The Morgan fingerprint density at radius 2 is 2.15 bits per heavy atom. The molecule has 0 spiro atoms. The minimum atomic E-state index is 0.142. The molecule has 108 valence electrons. The Morgan fingerprint density at radius 3 is 2.80 bits per heavy atom. The van der Waals surface area contributed by atoms with E-state index in [4.69, 9.17) is 0 Å². The molecule has 2 aliphatic carbocycles. The number of benzene rings is 1. The van der Waals surface area contributed by atoms with Gasteiger partial charge in [0.05, 0.1) is 5.56 Å². The molecule has 0 N–H and O–H groups in total. The molecule has 3 unspecified atom stereocenters. The van der Waals surface area contributed by atoms with E-state index in [1.165, 1.54) is 25.7 Å². The van der Waals surface area contributed by atoms with Crippen molar-refractivity contribution in [1.29, 1.82) is 0 Å². The van der Waals surface area contributed by atoms with Crippen LogP contribution in [0, 0.1) is 24.7 Å². The Kier molecular flexibility index (Phi) is 3.89. The zero-order valence-electron chi connectivity index (χ0n) is 12.2. The zero-order valence-corrected chi connectivity index (χ0v) is 13.8. The number of rotatable bonds is 3. The Balaban J connectivity index is 1.69. The second-order valence-electron chi connectivity index (χ2n) is 6.60. The van der Waals surface area contributed by atoms with Crippen molar-refractivity contribution in [3.63, 3.8) is 0 Å². The molecule has 2 aliphatic rings. The van der Waals surface area contributed by atoms with Crippen LogP contribution in [0.4, 0.5) is 0 Å². The van der Waals surface area contributed by atoms with Crippen molar-refractivity contribution in [1.82, 2.24) is 4.90 Å². The van der Waals surface area contributed by atoms with Crippen molar-refractivity contribution in [3.05, 3.63) is 33.8 Å².